The van der Waals surface area contributed by atoms with Gasteiger partial charge in [-0.2, -0.15) is 0 Å². The highest BCUT2D eigenvalue weighted by atomic mass is 35.5. The van der Waals surface area contributed by atoms with E-state index in [9.17, 15) is 10.2 Å². The molecule has 6 rings (SSSR count). The van der Waals surface area contributed by atoms with Crippen LogP contribution in [0.3, 0.4) is 0 Å². The fraction of sp³-hybridized carbons (Fsp3) is 0.739. The molecule has 1 spiro atoms. The highest BCUT2D eigenvalue weighted by Gasteiger charge is 2.73. The van der Waals surface area contributed by atoms with Gasteiger partial charge >= 0.3 is 0 Å². The topological polar surface area (TPSA) is 56.2 Å². The van der Waals surface area contributed by atoms with E-state index in [4.69, 9.17) is 16.3 Å². The van der Waals surface area contributed by atoms with Crippen LogP contribution in [-0.4, -0.2) is 76.4 Å². The maximum Gasteiger partial charge on any atom is 0.165 e. The van der Waals surface area contributed by atoms with Crippen molar-refractivity contribution in [1.82, 2.24) is 9.80 Å². The number of alkyl halides is 1. The predicted molar refractivity (Wildman–Crippen MR) is 112 cm³/mol. The second kappa shape index (κ2) is 6.25. The Hall–Kier alpha value is -1.01. The van der Waals surface area contributed by atoms with Gasteiger partial charge in [0.15, 0.2) is 11.5 Å². The minimum absolute atomic E-state index is 0.137. The van der Waals surface area contributed by atoms with E-state index in [-0.39, 0.29) is 23.9 Å². The van der Waals surface area contributed by atoms with Crippen LogP contribution in [0, 0.1) is 5.92 Å². The first-order valence-corrected chi connectivity index (χ1v) is 11.8. The molecule has 2 unspecified atom stereocenters. The van der Waals surface area contributed by atoms with E-state index >= 15 is 0 Å². The molecule has 158 valence electrons. The molecule has 5 atom stereocenters. The van der Waals surface area contributed by atoms with Crippen molar-refractivity contribution in [2.45, 2.75) is 67.7 Å². The lowest BCUT2D eigenvalue weighted by Gasteiger charge is -2.64. The number of likely N-dealkylation sites (N-methyl/N-ethyl adjacent to an activating group) is 1. The minimum atomic E-state index is -0.796. The Morgan fingerprint density at radius 2 is 2.10 bits per heavy atom. The molecule has 2 aliphatic heterocycles. The van der Waals surface area contributed by atoms with E-state index in [0.29, 0.717) is 11.6 Å². The van der Waals surface area contributed by atoms with Gasteiger partial charge in [-0.25, -0.2) is 0 Å². The Morgan fingerprint density at radius 3 is 2.86 bits per heavy atom. The Morgan fingerprint density at radius 1 is 1.28 bits per heavy atom. The molecule has 5 nitrogen and oxygen atoms in total. The van der Waals surface area contributed by atoms with Crippen LogP contribution in [0.25, 0.3) is 0 Å². The van der Waals surface area contributed by atoms with Crippen molar-refractivity contribution in [3.8, 4) is 11.5 Å². The van der Waals surface area contributed by atoms with Gasteiger partial charge in [-0.15, -0.1) is 11.6 Å². The molecule has 2 saturated carbocycles. The number of hydrogen-bond donors (Lipinski definition) is 2. The van der Waals surface area contributed by atoms with Crippen LogP contribution in [0.5, 0.6) is 11.5 Å². The van der Waals surface area contributed by atoms with Crippen molar-refractivity contribution in [2.24, 2.45) is 5.92 Å². The number of hydrogen-bond acceptors (Lipinski definition) is 5. The summed E-state index contributed by atoms with van der Waals surface area (Å²) in [6.45, 7) is 2.92. The maximum atomic E-state index is 12.4. The fourth-order valence-corrected chi connectivity index (χ4v) is 7.47. The first kappa shape index (κ1) is 18.7. The molecule has 0 amide bonds. The molecule has 0 radical (unpaired) electrons. The van der Waals surface area contributed by atoms with Crippen LogP contribution in [0.15, 0.2) is 12.1 Å². The van der Waals surface area contributed by atoms with E-state index in [2.05, 4.69) is 22.9 Å². The van der Waals surface area contributed by atoms with Gasteiger partial charge in [0.25, 0.3) is 0 Å². The van der Waals surface area contributed by atoms with E-state index in [1.165, 1.54) is 18.4 Å². The number of likely N-dealkylation sites (tertiary alicyclic amines) is 1. The number of benzene rings is 1. The number of ether oxygens (including phenoxy) is 1. The van der Waals surface area contributed by atoms with Gasteiger partial charge < -0.3 is 14.9 Å². The lowest BCUT2D eigenvalue weighted by atomic mass is 9.48. The molecule has 0 aromatic heterocycles. The third-order valence-electron chi connectivity index (χ3n) is 8.73. The van der Waals surface area contributed by atoms with Crippen LogP contribution < -0.4 is 4.74 Å². The molecular formula is C23H31ClN2O3. The second-order valence-corrected chi connectivity index (χ2v) is 10.4. The molecular weight excluding hydrogens is 388 g/mol. The summed E-state index contributed by atoms with van der Waals surface area (Å²) in [5.41, 5.74) is 1.14. The highest BCUT2D eigenvalue weighted by Crippen LogP contribution is 2.65. The summed E-state index contributed by atoms with van der Waals surface area (Å²) in [6.07, 6.45) is 5.95. The Kier molecular flexibility index (Phi) is 4.04. The summed E-state index contributed by atoms with van der Waals surface area (Å²) in [7, 11) is 2.11. The van der Waals surface area contributed by atoms with Crippen LogP contribution >= 0.6 is 11.6 Å². The molecule has 1 aromatic rings. The van der Waals surface area contributed by atoms with E-state index in [1.54, 1.807) is 6.07 Å². The minimum Gasteiger partial charge on any atom is -0.504 e. The quantitative estimate of drug-likeness (QED) is 0.719. The van der Waals surface area contributed by atoms with Crippen LogP contribution in [0.4, 0.5) is 0 Å². The zero-order valence-corrected chi connectivity index (χ0v) is 17.9. The van der Waals surface area contributed by atoms with Crippen molar-refractivity contribution < 1.29 is 14.9 Å². The molecule has 5 aliphatic rings. The lowest BCUT2D eigenvalue weighted by molar-refractivity contribution is -0.199. The molecule has 1 saturated heterocycles. The van der Waals surface area contributed by atoms with E-state index in [0.717, 1.165) is 56.8 Å². The number of halogens is 1. The smallest absolute Gasteiger partial charge is 0.165 e. The molecule has 6 heteroatoms. The average Bonchev–Trinajstić information content (AvgIpc) is 3.43. The Balaban J connectivity index is 1.50. The summed E-state index contributed by atoms with van der Waals surface area (Å²) < 4.78 is 6.57. The molecule has 2 N–H and O–H groups in total. The third kappa shape index (κ3) is 2.33. The first-order valence-electron chi connectivity index (χ1n) is 11.2. The number of nitrogens with zero attached hydrogens (tertiary/aromatic N) is 2. The predicted octanol–water partition coefficient (Wildman–Crippen LogP) is 2.50. The molecule has 1 aromatic carbocycles. The van der Waals surface area contributed by atoms with Gasteiger partial charge in [-0.1, -0.05) is 6.07 Å². The number of aliphatic hydroxyl groups is 1. The van der Waals surface area contributed by atoms with Gasteiger partial charge in [-0.3, -0.25) is 9.80 Å². The highest BCUT2D eigenvalue weighted by molar-refractivity contribution is 6.18. The maximum absolute atomic E-state index is 12.4. The SMILES string of the molecule is CN(CCCl)[C@@H]1CC[C@@]2(O)C3Cc4ccc(O)c5c4C2(CCN3CC2CC2)[C@H]1O5. The molecule has 3 aliphatic carbocycles. The largest absolute Gasteiger partial charge is 0.504 e. The van der Waals surface area contributed by atoms with Crippen molar-refractivity contribution in [2.75, 3.05) is 32.6 Å². The van der Waals surface area contributed by atoms with Gasteiger partial charge in [0.05, 0.1) is 11.0 Å². The van der Waals surface area contributed by atoms with Gasteiger partial charge in [0, 0.05) is 36.6 Å². The monoisotopic (exact) mass is 418 g/mol. The molecule has 29 heavy (non-hydrogen) atoms. The number of phenols is 1. The number of phenolic OH excluding ortho intramolecular Hbond substituents is 1. The van der Waals surface area contributed by atoms with Crippen molar-refractivity contribution >= 4 is 11.6 Å². The second-order valence-electron chi connectivity index (χ2n) is 10.1. The van der Waals surface area contributed by atoms with Crippen LogP contribution in [0.2, 0.25) is 0 Å². The van der Waals surface area contributed by atoms with E-state index in [1.807, 2.05) is 0 Å². The van der Waals surface area contributed by atoms with Gasteiger partial charge in [0.2, 0.25) is 0 Å². The van der Waals surface area contributed by atoms with Crippen molar-refractivity contribution in [3.05, 3.63) is 23.3 Å². The Labute approximate surface area is 177 Å². The van der Waals surface area contributed by atoms with Gasteiger partial charge in [-0.05, 0) is 69.7 Å². The Bertz CT molecular complexity index is 846. The van der Waals surface area contributed by atoms with Crippen molar-refractivity contribution in [1.29, 1.82) is 0 Å². The van der Waals surface area contributed by atoms with E-state index < -0.39 is 11.0 Å². The van der Waals surface area contributed by atoms with Gasteiger partial charge in [0.1, 0.15) is 6.10 Å². The third-order valence-corrected chi connectivity index (χ3v) is 8.90. The summed E-state index contributed by atoms with van der Waals surface area (Å²) in [5.74, 6) is 2.24. The molecule has 2 heterocycles. The first-order chi connectivity index (χ1) is 14.0. The van der Waals surface area contributed by atoms with Crippen LogP contribution in [0.1, 0.15) is 43.2 Å². The fourth-order valence-electron chi connectivity index (χ4n) is 7.21. The number of rotatable bonds is 5. The lowest BCUT2D eigenvalue weighted by Crippen LogP contribution is -2.78. The standard InChI is InChI=1S/C23H31ClN2O3/c1-25(11-9-24)16-6-7-23(28)18-12-15-4-5-17(27)20-19(15)22(23,21(16)29-20)8-10-26(18)13-14-2-3-14/h4-5,14,16,18,21,27-28H,2-3,6-13H2,1H3/t16-,18?,21+,22?,23-/m1/s1. The summed E-state index contributed by atoms with van der Waals surface area (Å²) in [5, 5.41) is 23.0. The number of aromatic hydroxyl groups is 1. The molecule has 3 fully saturated rings. The average molecular weight is 419 g/mol. The zero-order chi connectivity index (χ0) is 20.0. The molecule has 2 bridgehead atoms. The van der Waals surface area contributed by atoms with Crippen LogP contribution in [-0.2, 0) is 11.8 Å². The summed E-state index contributed by atoms with van der Waals surface area (Å²) in [6, 6.07) is 4.19. The van der Waals surface area contributed by atoms with Crippen molar-refractivity contribution in [3.63, 3.8) is 0 Å². The summed E-state index contributed by atoms with van der Waals surface area (Å²) >= 11 is 6.06. The normalized spacial score (nSPS) is 40.1. The summed E-state index contributed by atoms with van der Waals surface area (Å²) in [4.78, 5) is 4.88. The number of piperidine rings is 1. The zero-order valence-electron chi connectivity index (χ0n) is 17.1.